The maximum absolute atomic E-state index is 9.70. The minimum absolute atomic E-state index is 0.233. The van der Waals surface area contributed by atoms with Crippen molar-refractivity contribution in [3.8, 4) is 0 Å². The molecule has 2 bridgehead atoms. The maximum atomic E-state index is 9.70. The summed E-state index contributed by atoms with van der Waals surface area (Å²) in [4.78, 5) is 4.27. The zero-order chi connectivity index (χ0) is 11.8. The molecule has 2 saturated heterocycles. The van der Waals surface area contributed by atoms with Crippen LogP contribution in [0.4, 0.5) is 0 Å². The Bertz CT molecular complexity index is 395. The Hall–Kier alpha value is -0.980. The van der Waals surface area contributed by atoms with Crippen molar-refractivity contribution in [2.75, 3.05) is 6.54 Å². The molecule has 6 nitrogen and oxygen atoms in total. The Morgan fingerprint density at radius 1 is 1.47 bits per heavy atom. The summed E-state index contributed by atoms with van der Waals surface area (Å²) in [5.74, 6) is 1.17. The van der Waals surface area contributed by atoms with Gasteiger partial charge in [0.05, 0.1) is 18.1 Å². The lowest BCUT2D eigenvalue weighted by Gasteiger charge is -2.13. The van der Waals surface area contributed by atoms with Crippen molar-refractivity contribution in [1.82, 2.24) is 10.1 Å². The zero-order valence-corrected chi connectivity index (χ0v) is 9.58. The van der Waals surface area contributed by atoms with E-state index >= 15 is 0 Å². The van der Waals surface area contributed by atoms with E-state index in [0.717, 1.165) is 19.3 Å². The lowest BCUT2D eigenvalue weighted by molar-refractivity contribution is 0.0996. The summed E-state index contributed by atoms with van der Waals surface area (Å²) in [6.07, 6.45) is 3.47. The van der Waals surface area contributed by atoms with Crippen LogP contribution in [-0.4, -0.2) is 34.0 Å². The maximum Gasteiger partial charge on any atom is 0.255 e. The van der Waals surface area contributed by atoms with Crippen molar-refractivity contribution >= 4 is 0 Å². The van der Waals surface area contributed by atoms with Gasteiger partial charge in [-0.25, -0.2) is 0 Å². The molecule has 3 heterocycles. The van der Waals surface area contributed by atoms with Crippen molar-refractivity contribution in [2.24, 2.45) is 5.73 Å². The van der Waals surface area contributed by atoms with E-state index in [9.17, 15) is 5.11 Å². The molecule has 3 unspecified atom stereocenters. The van der Waals surface area contributed by atoms with Crippen LogP contribution in [0.2, 0.25) is 0 Å². The van der Waals surface area contributed by atoms with Gasteiger partial charge in [0.25, 0.3) is 5.89 Å². The summed E-state index contributed by atoms with van der Waals surface area (Å²) < 4.78 is 10.8. The van der Waals surface area contributed by atoms with Crippen LogP contribution < -0.4 is 5.73 Å². The summed E-state index contributed by atoms with van der Waals surface area (Å²) in [6, 6.07) is 0. The van der Waals surface area contributed by atoms with Gasteiger partial charge in [0.2, 0.25) is 0 Å². The molecular weight excluding hydrogens is 222 g/mol. The van der Waals surface area contributed by atoms with Gasteiger partial charge in [0, 0.05) is 0 Å². The number of aliphatic hydroxyl groups excluding tert-OH is 1. The second-order valence-corrected chi connectivity index (χ2v) is 4.80. The van der Waals surface area contributed by atoms with Gasteiger partial charge in [-0.15, -0.1) is 0 Å². The second-order valence-electron chi connectivity index (χ2n) is 4.80. The Kier molecular flexibility index (Phi) is 2.85. The molecule has 2 aliphatic rings. The molecule has 94 valence electrons. The molecule has 2 aliphatic heterocycles. The predicted molar refractivity (Wildman–Crippen MR) is 58.2 cm³/mol. The first-order chi connectivity index (χ1) is 8.28. The molecule has 3 N–H and O–H groups in total. The van der Waals surface area contributed by atoms with Crippen molar-refractivity contribution < 1.29 is 14.4 Å². The van der Waals surface area contributed by atoms with Crippen molar-refractivity contribution in [2.45, 2.75) is 49.9 Å². The van der Waals surface area contributed by atoms with E-state index in [2.05, 4.69) is 10.1 Å². The summed E-state index contributed by atoms with van der Waals surface area (Å²) in [5, 5.41) is 13.7. The third-order valence-electron chi connectivity index (χ3n) is 3.62. The van der Waals surface area contributed by atoms with Crippen LogP contribution in [-0.2, 0) is 4.74 Å². The first-order valence-corrected chi connectivity index (χ1v) is 6.15. The molecule has 3 rings (SSSR count). The summed E-state index contributed by atoms with van der Waals surface area (Å²) in [6.45, 7) is 0.399. The smallest absolute Gasteiger partial charge is 0.255 e. The fraction of sp³-hybridized carbons (Fsp3) is 0.818. The number of fused-ring (bicyclic) bond motifs is 2. The van der Waals surface area contributed by atoms with Crippen LogP contribution in [0, 0.1) is 0 Å². The van der Waals surface area contributed by atoms with Gasteiger partial charge in [-0.05, 0) is 32.2 Å². The number of ether oxygens (including phenoxy) is 1. The van der Waals surface area contributed by atoms with Crippen LogP contribution in [0.25, 0.3) is 0 Å². The van der Waals surface area contributed by atoms with Gasteiger partial charge < -0.3 is 20.1 Å². The van der Waals surface area contributed by atoms with Crippen molar-refractivity contribution in [3.05, 3.63) is 11.7 Å². The zero-order valence-electron chi connectivity index (χ0n) is 9.58. The average Bonchev–Trinajstić information content (AvgIpc) is 3.05. The fourth-order valence-electron chi connectivity index (χ4n) is 2.72. The first-order valence-electron chi connectivity index (χ1n) is 6.15. The molecule has 0 aliphatic carbocycles. The minimum Gasteiger partial charge on any atom is -0.383 e. The molecule has 1 aromatic rings. The number of nitrogens with two attached hydrogens (primary N) is 1. The molecule has 0 radical (unpaired) electrons. The lowest BCUT2D eigenvalue weighted by Crippen LogP contribution is -2.15. The number of nitrogens with zero attached hydrogens (tertiary/aromatic N) is 2. The van der Waals surface area contributed by atoms with E-state index in [4.69, 9.17) is 15.0 Å². The van der Waals surface area contributed by atoms with Crippen LogP contribution in [0.5, 0.6) is 0 Å². The molecule has 0 aromatic carbocycles. The monoisotopic (exact) mass is 239 g/mol. The van der Waals surface area contributed by atoms with E-state index < -0.39 is 6.10 Å². The molecule has 4 atom stereocenters. The van der Waals surface area contributed by atoms with Gasteiger partial charge in [0.15, 0.2) is 5.82 Å². The first kappa shape index (κ1) is 11.1. The van der Waals surface area contributed by atoms with Crippen molar-refractivity contribution in [3.63, 3.8) is 0 Å². The van der Waals surface area contributed by atoms with Gasteiger partial charge in [-0.3, -0.25) is 0 Å². The molecule has 0 spiro atoms. The molecule has 0 amide bonds. The molecule has 17 heavy (non-hydrogen) atoms. The minimum atomic E-state index is -0.749. The van der Waals surface area contributed by atoms with E-state index in [-0.39, 0.29) is 17.9 Å². The Labute approximate surface area is 99.1 Å². The highest BCUT2D eigenvalue weighted by Crippen LogP contribution is 2.43. The second kappa shape index (κ2) is 4.36. The largest absolute Gasteiger partial charge is 0.383 e. The van der Waals surface area contributed by atoms with Crippen molar-refractivity contribution in [1.29, 1.82) is 0 Å². The van der Waals surface area contributed by atoms with E-state index in [0.29, 0.717) is 24.9 Å². The number of aromatic nitrogens is 2. The van der Waals surface area contributed by atoms with Gasteiger partial charge >= 0.3 is 0 Å². The van der Waals surface area contributed by atoms with Crippen LogP contribution in [0.15, 0.2) is 4.52 Å². The van der Waals surface area contributed by atoms with Gasteiger partial charge in [-0.1, -0.05) is 5.16 Å². The average molecular weight is 239 g/mol. The summed E-state index contributed by atoms with van der Waals surface area (Å²) in [5.41, 5.74) is 5.38. The third-order valence-corrected chi connectivity index (χ3v) is 3.62. The summed E-state index contributed by atoms with van der Waals surface area (Å²) >= 11 is 0. The van der Waals surface area contributed by atoms with Crippen LogP contribution in [0.1, 0.15) is 49.4 Å². The standard InChI is InChI=1S/C11H17N3O3/c12-4-3-8(15)11-13-10(14-17-11)7-5-6-1-2-9(7)16-6/h6-9,15H,1-5,12H2/t6?,7?,8-,9?/m0/s1. The normalized spacial score (nSPS) is 33.2. The van der Waals surface area contributed by atoms with E-state index in [1.54, 1.807) is 0 Å². The number of aliphatic hydroxyl groups is 1. The molecule has 6 heteroatoms. The molecule has 2 fully saturated rings. The highest BCUT2D eigenvalue weighted by atomic mass is 16.5. The Balaban J connectivity index is 1.72. The highest BCUT2D eigenvalue weighted by Gasteiger charge is 2.43. The van der Waals surface area contributed by atoms with Crippen LogP contribution in [0.3, 0.4) is 0 Å². The lowest BCUT2D eigenvalue weighted by atomic mass is 9.89. The molecular formula is C11H17N3O3. The van der Waals surface area contributed by atoms with Gasteiger partial charge in [0.1, 0.15) is 6.10 Å². The molecule has 0 saturated carbocycles. The SMILES string of the molecule is NCC[C@H](O)c1nc(C2CC3CCC2O3)no1. The predicted octanol–water partition coefficient (Wildman–Crippen LogP) is 0.487. The quantitative estimate of drug-likeness (QED) is 0.794. The van der Waals surface area contributed by atoms with Gasteiger partial charge in [-0.2, -0.15) is 4.98 Å². The number of hydrogen-bond acceptors (Lipinski definition) is 6. The number of hydrogen-bond donors (Lipinski definition) is 2. The highest BCUT2D eigenvalue weighted by molar-refractivity contribution is 5.07. The van der Waals surface area contributed by atoms with Crippen LogP contribution >= 0.6 is 0 Å². The topological polar surface area (TPSA) is 94.4 Å². The van der Waals surface area contributed by atoms with E-state index in [1.807, 2.05) is 0 Å². The molecule has 1 aromatic heterocycles. The third kappa shape index (κ3) is 1.96. The Morgan fingerprint density at radius 3 is 3.00 bits per heavy atom. The number of rotatable bonds is 4. The van der Waals surface area contributed by atoms with E-state index in [1.165, 1.54) is 0 Å². The fourth-order valence-corrected chi connectivity index (χ4v) is 2.72. The summed E-state index contributed by atoms with van der Waals surface area (Å²) in [7, 11) is 0. The Morgan fingerprint density at radius 2 is 2.35 bits per heavy atom.